The van der Waals surface area contributed by atoms with Crippen molar-refractivity contribution in [3.05, 3.63) is 52.9 Å². The Hall–Kier alpha value is -2.51. The average Bonchev–Trinajstić information content (AvgIpc) is 3.11. The zero-order valence-corrected chi connectivity index (χ0v) is 14.8. The molecule has 126 valence electrons. The Bertz CT molecular complexity index is 897. The van der Waals surface area contributed by atoms with Gasteiger partial charge in [-0.25, -0.2) is 4.98 Å². The van der Waals surface area contributed by atoms with Gasteiger partial charge < -0.3 is 10.6 Å². The van der Waals surface area contributed by atoms with Crippen LogP contribution in [0.2, 0.25) is 0 Å². The summed E-state index contributed by atoms with van der Waals surface area (Å²) in [6.45, 7) is 0. The number of nitrogens with one attached hydrogen (secondary N) is 2. The van der Waals surface area contributed by atoms with E-state index in [1.165, 1.54) is 11.3 Å². The van der Waals surface area contributed by atoms with E-state index in [9.17, 15) is 9.59 Å². The van der Waals surface area contributed by atoms with Crippen molar-refractivity contribution in [2.75, 3.05) is 10.6 Å². The van der Waals surface area contributed by atoms with Gasteiger partial charge in [0.2, 0.25) is 5.91 Å². The minimum Gasteiger partial charge on any atom is -0.326 e. The molecule has 7 heteroatoms. The summed E-state index contributed by atoms with van der Waals surface area (Å²) in [4.78, 5) is 29.5. The summed E-state index contributed by atoms with van der Waals surface area (Å²) in [5.74, 6) is -0.00391. The standard InChI is InChI=1S/C18H15N3O2S2/c22-16(11-3-4-11)19-12-5-7-13(8-6-12)20-17(23)14-10-25-18(21-14)15-2-1-9-24-15/h1-2,5-11H,3-4H2,(H,19,22)(H,20,23). The van der Waals surface area contributed by atoms with Gasteiger partial charge in [-0.05, 0) is 48.6 Å². The molecule has 0 aliphatic heterocycles. The lowest BCUT2D eigenvalue weighted by Crippen LogP contribution is -2.14. The van der Waals surface area contributed by atoms with Crippen LogP contribution in [-0.2, 0) is 4.79 Å². The Labute approximate surface area is 152 Å². The lowest BCUT2D eigenvalue weighted by atomic mass is 10.2. The van der Waals surface area contributed by atoms with E-state index in [0.717, 1.165) is 28.4 Å². The number of thiophene rings is 1. The van der Waals surface area contributed by atoms with Crippen molar-refractivity contribution in [2.45, 2.75) is 12.8 Å². The maximum atomic E-state index is 12.3. The molecule has 1 saturated carbocycles. The number of anilines is 2. The normalized spacial score (nSPS) is 13.4. The smallest absolute Gasteiger partial charge is 0.275 e. The maximum Gasteiger partial charge on any atom is 0.275 e. The second kappa shape index (κ2) is 6.78. The van der Waals surface area contributed by atoms with Gasteiger partial charge in [0.05, 0.1) is 4.88 Å². The van der Waals surface area contributed by atoms with Gasteiger partial charge in [-0.3, -0.25) is 9.59 Å². The van der Waals surface area contributed by atoms with Gasteiger partial charge >= 0.3 is 0 Å². The first-order valence-electron chi connectivity index (χ1n) is 7.91. The monoisotopic (exact) mass is 369 g/mol. The molecule has 2 amide bonds. The van der Waals surface area contributed by atoms with Gasteiger partial charge in [-0.15, -0.1) is 22.7 Å². The van der Waals surface area contributed by atoms with Gasteiger partial charge in [0, 0.05) is 22.7 Å². The van der Waals surface area contributed by atoms with Crippen molar-refractivity contribution >= 4 is 45.9 Å². The molecule has 0 bridgehead atoms. The second-order valence-electron chi connectivity index (χ2n) is 5.81. The number of carbonyl (C=O) groups is 2. The molecule has 0 radical (unpaired) electrons. The molecule has 1 aliphatic rings. The number of hydrogen-bond donors (Lipinski definition) is 2. The largest absolute Gasteiger partial charge is 0.326 e. The number of amides is 2. The van der Waals surface area contributed by atoms with Gasteiger partial charge in [0.1, 0.15) is 10.7 Å². The van der Waals surface area contributed by atoms with Crippen LogP contribution in [0.1, 0.15) is 23.3 Å². The molecule has 4 rings (SSSR count). The molecule has 3 aromatic rings. The Kier molecular flexibility index (Phi) is 4.33. The van der Waals surface area contributed by atoms with E-state index in [1.54, 1.807) is 41.0 Å². The zero-order valence-electron chi connectivity index (χ0n) is 13.2. The molecule has 0 saturated heterocycles. The van der Waals surface area contributed by atoms with E-state index in [4.69, 9.17) is 0 Å². The van der Waals surface area contributed by atoms with Crippen molar-refractivity contribution in [1.82, 2.24) is 4.98 Å². The van der Waals surface area contributed by atoms with E-state index in [1.807, 2.05) is 17.5 Å². The van der Waals surface area contributed by atoms with Crippen molar-refractivity contribution in [2.24, 2.45) is 5.92 Å². The van der Waals surface area contributed by atoms with Gasteiger partial charge in [0.15, 0.2) is 0 Å². The SMILES string of the molecule is O=C(Nc1ccc(NC(=O)C2CC2)cc1)c1csc(-c2cccs2)n1. The molecule has 1 aromatic carbocycles. The molecular formula is C18H15N3O2S2. The van der Waals surface area contributed by atoms with Gasteiger partial charge in [-0.2, -0.15) is 0 Å². The Morgan fingerprint density at radius 3 is 2.36 bits per heavy atom. The highest BCUT2D eigenvalue weighted by Crippen LogP contribution is 2.30. The second-order valence-corrected chi connectivity index (χ2v) is 7.62. The molecule has 2 aromatic heterocycles. The van der Waals surface area contributed by atoms with Gasteiger partial charge in [0.25, 0.3) is 5.91 Å². The molecule has 0 spiro atoms. The van der Waals surface area contributed by atoms with Gasteiger partial charge in [-0.1, -0.05) is 6.07 Å². The lowest BCUT2D eigenvalue weighted by molar-refractivity contribution is -0.117. The number of thiazole rings is 1. The van der Waals surface area contributed by atoms with E-state index < -0.39 is 0 Å². The molecule has 2 heterocycles. The van der Waals surface area contributed by atoms with Crippen molar-refractivity contribution in [3.63, 3.8) is 0 Å². The quantitative estimate of drug-likeness (QED) is 0.697. The van der Waals surface area contributed by atoms with Crippen LogP contribution >= 0.6 is 22.7 Å². The molecule has 1 aliphatic carbocycles. The van der Waals surface area contributed by atoms with E-state index >= 15 is 0 Å². The van der Waals surface area contributed by atoms with Crippen molar-refractivity contribution in [3.8, 4) is 9.88 Å². The van der Waals surface area contributed by atoms with Crippen LogP contribution in [0.4, 0.5) is 11.4 Å². The zero-order chi connectivity index (χ0) is 17.2. The van der Waals surface area contributed by atoms with Crippen LogP contribution in [0, 0.1) is 5.92 Å². The number of benzene rings is 1. The summed E-state index contributed by atoms with van der Waals surface area (Å²) in [5, 5.41) is 10.3. The first kappa shape index (κ1) is 16.0. The van der Waals surface area contributed by atoms with E-state index in [2.05, 4.69) is 15.6 Å². The summed E-state index contributed by atoms with van der Waals surface area (Å²) in [6.07, 6.45) is 1.95. The average molecular weight is 369 g/mol. The predicted molar refractivity (Wildman–Crippen MR) is 101 cm³/mol. The highest BCUT2D eigenvalue weighted by molar-refractivity contribution is 7.20. The summed E-state index contributed by atoms with van der Waals surface area (Å²) in [5.41, 5.74) is 1.81. The number of hydrogen-bond acceptors (Lipinski definition) is 5. The number of rotatable bonds is 5. The fourth-order valence-electron chi connectivity index (χ4n) is 2.31. The summed E-state index contributed by atoms with van der Waals surface area (Å²) < 4.78 is 0. The first-order chi connectivity index (χ1) is 12.2. The first-order valence-corrected chi connectivity index (χ1v) is 9.66. The molecule has 1 fully saturated rings. The number of carbonyl (C=O) groups excluding carboxylic acids is 2. The maximum absolute atomic E-state index is 12.3. The third kappa shape index (κ3) is 3.78. The fraction of sp³-hybridized carbons (Fsp3) is 0.167. The summed E-state index contributed by atoms with van der Waals surface area (Å²) in [6, 6.07) is 11.1. The van der Waals surface area contributed by atoms with Crippen LogP contribution < -0.4 is 10.6 Å². The molecule has 0 unspecified atom stereocenters. The third-order valence-electron chi connectivity index (χ3n) is 3.83. The Balaban J connectivity index is 1.39. The lowest BCUT2D eigenvalue weighted by Gasteiger charge is -2.06. The summed E-state index contributed by atoms with van der Waals surface area (Å²) in [7, 11) is 0. The van der Waals surface area contributed by atoms with Crippen molar-refractivity contribution < 1.29 is 9.59 Å². The number of aromatic nitrogens is 1. The van der Waals surface area contributed by atoms with Crippen LogP contribution in [0.15, 0.2) is 47.2 Å². The minimum absolute atomic E-state index is 0.0698. The topological polar surface area (TPSA) is 71.1 Å². The number of nitrogens with zero attached hydrogens (tertiary/aromatic N) is 1. The summed E-state index contributed by atoms with van der Waals surface area (Å²) >= 11 is 3.05. The molecule has 2 N–H and O–H groups in total. The van der Waals surface area contributed by atoms with Crippen LogP contribution in [0.5, 0.6) is 0 Å². The Morgan fingerprint density at radius 2 is 1.72 bits per heavy atom. The van der Waals surface area contributed by atoms with Crippen LogP contribution in [0.3, 0.4) is 0 Å². The van der Waals surface area contributed by atoms with E-state index in [0.29, 0.717) is 11.4 Å². The molecule has 0 atom stereocenters. The van der Waals surface area contributed by atoms with Crippen molar-refractivity contribution in [1.29, 1.82) is 0 Å². The fourth-order valence-corrected chi connectivity index (χ4v) is 3.93. The minimum atomic E-state index is -0.242. The highest BCUT2D eigenvalue weighted by Gasteiger charge is 2.29. The predicted octanol–water partition coefficient (Wildman–Crippen LogP) is 4.47. The molecule has 5 nitrogen and oxygen atoms in total. The highest BCUT2D eigenvalue weighted by atomic mass is 32.1. The van der Waals surface area contributed by atoms with Crippen LogP contribution in [-0.4, -0.2) is 16.8 Å². The molecule has 25 heavy (non-hydrogen) atoms. The van der Waals surface area contributed by atoms with Crippen LogP contribution in [0.25, 0.3) is 9.88 Å². The molecular weight excluding hydrogens is 354 g/mol. The van der Waals surface area contributed by atoms with E-state index in [-0.39, 0.29) is 17.7 Å². The Morgan fingerprint density at radius 1 is 1.00 bits per heavy atom. The third-order valence-corrected chi connectivity index (χ3v) is 5.71.